The Bertz CT molecular complexity index is 1610. The largest absolute Gasteiger partial charge is 0.416 e. The van der Waals surface area contributed by atoms with Gasteiger partial charge in [-0.05, 0) is 74.4 Å². The van der Waals surface area contributed by atoms with Crippen LogP contribution in [0.4, 0.5) is 24.7 Å². The molecule has 1 aliphatic rings. The van der Waals surface area contributed by atoms with E-state index < -0.39 is 17.6 Å². The molecule has 0 atom stereocenters. The highest BCUT2D eigenvalue weighted by Crippen LogP contribution is 2.32. The summed E-state index contributed by atoms with van der Waals surface area (Å²) in [6.45, 7) is 1.85. The zero-order chi connectivity index (χ0) is 27.7. The van der Waals surface area contributed by atoms with Crippen molar-refractivity contribution in [2.24, 2.45) is 0 Å². The molecule has 0 spiro atoms. The Morgan fingerprint density at radius 1 is 1.10 bits per heavy atom. The molecule has 11 heteroatoms. The summed E-state index contributed by atoms with van der Waals surface area (Å²) in [5.41, 5.74) is 7.94. The fourth-order valence-electron chi connectivity index (χ4n) is 4.64. The molecule has 1 saturated carbocycles. The van der Waals surface area contributed by atoms with Gasteiger partial charge in [-0.15, -0.1) is 0 Å². The number of nitrogens with two attached hydrogens (primary N) is 1. The number of nitrogens with zero attached hydrogens (tertiary/aromatic N) is 4. The molecule has 1 fully saturated rings. The number of rotatable bonds is 3. The van der Waals surface area contributed by atoms with Gasteiger partial charge in [0.1, 0.15) is 17.8 Å². The van der Waals surface area contributed by atoms with E-state index in [0.29, 0.717) is 40.8 Å². The van der Waals surface area contributed by atoms with Crippen LogP contribution in [-0.4, -0.2) is 36.9 Å². The fraction of sp³-hybridized carbons (Fsp3) is 0.286. The molecule has 39 heavy (non-hydrogen) atoms. The smallest absolute Gasteiger partial charge is 0.393 e. The first-order chi connectivity index (χ1) is 18.6. The summed E-state index contributed by atoms with van der Waals surface area (Å²) in [6.07, 6.45) is -0.634. The van der Waals surface area contributed by atoms with Gasteiger partial charge in [-0.25, -0.2) is 14.6 Å². The number of aliphatic hydroxyl groups excluding tert-OH is 1. The highest BCUT2D eigenvalue weighted by Gasteiger charge is 2.31. The molecule has 4 aromatic rings. The molecular weight excluding hydrogens is 509 g/mol. The van der Waals surface area contributed by atoms with Crippen LogP contribution in [-0.2, 0) is 6.18 Å². The second-order valence-corrected chi connectivity index (χ2v) is 9.53. The third kappa shape index (κ3) is 5.56. The van der Waals surface area contributed by atoms with Crippen molar-refractivity contribution < 1.29 is 23.1 Å². The lowest BCUT2D eigenvalue weighted by molar-refractivity contribution is -0.137. The number of amides is 1. The zero-order valence-corrected chi connectivity index (χ0v) is 21.0. The number of nitrogen functional groups attached to an aromatic ring is 1. The summed E-state index contributed by atoms with van der Waals surface area (Å²) in [5.74, 6) is 5.72. The minimum atomic E-state index is -4.55. The summed E-state index contributed by atoms with van der Waals surface area (Å²) in [6, 6.07) is 9.35. The van der Waals surface area contributed by atoms with E-state index in [1.54, 1.807) is 18.2 Å². The number of anilines is 2. The summed E-state index contributed by atoms with van der Waals surface area (Å²) in [4.78, 5) is 21.1. The predicted molar refractivity (Wildman–Crippen MR) is 140 cm³/mol. The summed E-state index contributed by atoms with van der Waals surface area (Å²) in [5, 5.41) is 17.8. The van der Waals surface area contributed by atoms with Crippen molar-refractivity contribution in [3.8, 4) is 11.8 Å². The molecule has 0 radical (unpaired) electrons. The number of fused-ring (bicyclic) bond motifs is 1. The van der Waals surface area contributed by atoms with Crippen LogP contribution in [0.15, 0.2) is 48.8 Å². The molecule has 0 unspecified atom stereocenters. The first kappa shape index (κ1) is 26.2. The normalized spacial score (nSPS) is 17.5. The molecule has 0 saturated heterocycles. The number of aliphatic hydroxyl groups is 1. The van der Waals surface area contributed by atoms with Crippen LogP contribution >= 0.6 is 0 Å². The Balaban J connectivity index is 1.44. The average molecular weight is 535 g/mol. The molecule has 4 N–H and O–H groups in total. The van der Waals surface area contributed by atoms with Crippen molar-refractivity contribution in [2.75, 3.05) is 11.1 Å². The molecule has 2 aromatic heterocycles. The number of nitrogens with one attached hydrogen (secondary N) is 1. The third-order valence-corrected chi connectivity index (χ3v) is 6.79. The minimum Gasteiger partial charge on any atom is -0.393 e. The van der Waals surface area contributed by atoms with Gasteiger partial charge in [0.25, 0.3) is 5.91 Å². The number of alkyl halides is 3. The van der Waals surface area contributed by atoms with E-state index in [1.807, 2.05) is 11.6 Å². The molecular formula is C28H25F3N6O2. The first-order valence-electron chi connectivity index (χ1n) is 12.4. The first-order valence-corrected chi connectivity index (χ1v) is 12.4. The lowest BCUT2D eigenvalue weighted by Gasteiger charge is -2.25. The van der Waals surface area contributed by atoms with Gasteiger partial charge < -0.3 is 16.2 Å². The van der Waals surface area contributed by atoms with Crippen molar-refractivity contribution in [2.45, 2.75) is 50.9 Å². The van der Waals surface area contributed by atoms with Crippen LogP contribution in [0.5, 0.6) is 0 Å². The maximum Gasteiger partial charge on any atom is 0.416 e. The standard InChI is InChI=1S/C28H25F3N6O2/c1-16-5-7-20(35-27(39)18-3-2-4-19(13-18)28(29,30)31)14-17(16)6-12-23-24-25(32)33-15-34-26(24)37(36-23)21-8-10-22(38)11-9-21/h2-5,7,13-15,21-22,38H,8-11H2,1H3,(H,35,39)(H2,32,33,34)/t21-,22-. The SMILES string of the molecule is Cc1ccc(NC(=O)c2cccc(C(F)(F)F)c2)cc1C#Cc1nn([C@H]2CC[C@H](O)CC2)c2ncnc(N)c12. The van der Waals surface area contributed by atoms with E-state index >= 15 is 0 Å². The molecule has 2 heterocycles. The highest BCUT2D eigenvalue weighted by molar-refractivity contribution is 6.04. The molecule has 0 bridgehead atoms. The Morgan fingerprint density at radius 2 is 1.87 bits per heavy atom. The maximum absolute atomic E-state index is 13.0. The number of carbonyl (C=O) groups is 1. The summed E-state index contributed by atoms with van der Waals surface area (Å²) < 4.78 is 40.9. The van der Waals surface area contributed by atoms with Crippen LogP contribution in [0.1, 0.15) is 64.5 Å². The van der Waals surface area contributed by atoms with Crippen molar-refractivity contribution >= 4 is 28.4 Å². The van der Waals surface area contributed by atoms with E-state index in [4.69, 9.17) is 10.8 Å². The molecule has 8 nitrogen and oxygen atoms in total. The number of benzene rings is 2. The Morgan fingerprint density at radius 3 is 2.62 bits per heavy atom. The summed E-state index contributed by atoms with van der Waals surface area (Å²) >= 11 is 0. The number of carbonyl (C=O) groups excluding carboxylic acids is 1. The zero-order valence-electron chi connectivity index (χ0n) is 21.0. The minimum absolute atomic E-state index is 0.0527. The van der Waals surface area contributed by atoms with Gasteiger partial charge in [0.2, 0.25) is 0 Å². The molecule has 0 aliphatic heterocycles. The quantitative estimate of drug-likeness (QED) is 0.323. The second-order valence-electron chi connectivity index (χ2n) is 9.53. The van der Waals surface area contributed by atoms with Crippen LogP contribution in [0.25, 0.3) is 11.0 Å². The molecule has 1 aliphatic carbocycles. The van der Waals surface area contributed by atoms with Crippen molar-refractivity contribution in [1.82, 2.24) is 19.7 Å². The van der Waals surface area contributed by atoms with Gasteiger partial charge in [-0.2, -0.15) is 18.3 Å². The van der Waals surface area contributed by atoms with Gasteiger partial charge in [0, 0.05) is 16.8 Å². The Hall–Kier alpha value is -4.43. The van der Waals surface area contributed by atoms with Crippen molar-refractivity contribution in [1.29, 1.82) is 0 Å². The number of hydrogen-bond donors (Lipinski definition) is 3. The number of aryl methyl sites for hydroxylation is 1. The van der Waals surface area contributed by atoms with Crippen LogP contribution < -0.4 is 11.1 Å². The van der Waals surface area contributed by atoms with Crippen LogP contribution in [0, 0.1) is 18.8 Å². The van der Waals surface area contributed by atoms with Crippen LogP contribution in [0.2, 0.25) is 0 Å². The Kier molecular flexibility index (Phi) is 6.97. The topological polar surface area (TPSA) is 119 Å². The molecule has 2 aromatic carbocycles. The van der Waals surface area contributed by atoms with E-state index in [-0.39, 0.29) is 23.5 Å². The van der Waals surface area contributed by atoms with Crippen LogP contribution in [0.3, 0.4) is 0 Å². The van der Waals surface area contributed by atoms with E-state index in [2.05, 4.69) is 27.1 Å². The number of halogens is 3. The van der Waals surface area contributed by atoms with E-state index in [1.165, 1.54) is 18.5 Å². The van der Waals surface area contributed by atoms with Gasteiger partial charge >= 0.3 is 6.18 Å². The summed E-state index contributed by atoms with van der Waals surface area (Å²) in [7, 11) is 0. The highest BCUT2D eigenvalue weighted by atomic mass is 19.4. The second kappa shape index (κ2) is 10.4. The van der Waals surface area contributed by atoms with Gasteiger partial charge in [-0.1, -0.05) is 18.1 Å². The van der Waals surface area contributed by atoms with E-state index in [0.717, 1.165) is 30.5 Å². The molecule has 5 rings (SSSR count). The number of aromatic nitrogens is 4. The molecule has 1 amide bonds. The Labute approximate surface area is 222 Å². The third-order valence-electron chi connectivity index (χ3n) is 6.79. The van der Waals surface area contributed by atoms with E-state index in [9.17, 15) is 23.1 Å². The van der Waals surface area contributed by atoms with Crippen molar-refractivity contribution in [3.05, 3.63) is 76.7 Å². The van der Waals surface area contributed by atoms with Gasteiger partial charge in [0.05, 0.1) is 23.1 Å². The number of hydrogen-bond acceptors (Lipinski definition) is 6. The lowest BCUT2D eigenvalue weighted by atomic mass is 9.93. The average Bonchev–Trinajstić information content (AvgIpc) is 3.29. The van der Waals surface area contributed by atoms with Gasteiger partial charge in [0.15, 0.2) is 5.65 Å². The maximum atomic E-state index is 13.0. The monoisotopic (exact) mass is 534 g/mol. The van der Waals surface area contributed by atoms with Gasteiger partial charge in [-0.3, -0.25) is 4.79 Å². The lowest BCUT2D eigenvalue weighted by Crippen LogP contribution is -2.22. The predicted octanol–water partition coefficient (Wildman–Crippen LogP) is 4.86. The fourth-order valence-corrected chi connectivity index (χ4v) is 4.64. The van der Waals surface area contributed by atoms with Crippen molar-refractivity contribution in [3.63, 3.8) is 0 Å². The molecule has 200 valence electrons.